The number of aryl methyl sites for hydroxylation is 1. The number of benzene rings is 2. The fraction of sp³-hybridized carbons (Fsp3) is 0.333. The topological polar surface area (TPSA) is 12.0 Å². The van der Waals surface area contributed by atoms with Crippen LogP contribution in [0.15, 0.2) is 46.9 Å². The van der Waals surface area contributed by atoms with Crippen molar-refractivity contribution in [3.63, 3.8) is 0 Å². The molecule has 0 amide bonds. The highest BCUT2D eigenvalue weighted by Gasteiger charge is 2.15. The molecule has 104 valence electrons. The molecule has 1 aliphatic rings. The molecule has 0 bridgehead atoms. The van der Waals surface area contributed by atoms with E-state index in [1.165, 1.54) is 52.5 Å². The summed E-state index contributed by atoms with van der Waals surface area (Å²) in [7, 11) is 0. The van der Waals surface area contributed by atoms with Gasteiger partial charge in [0.25, 0.3) is 0 Å². The zero-order valence-electron chi connectivity index (χ0n) is 11.8. The molecule has 0 aromatic heterocycles. The Hall–Kier alpha value is -1.28. The number of hydrogen-bond acceptors (Lipinski definition) is 1. The van der Waals surface area contributed by atoms with Crippen molar-refractivity contribution in [3.05, 3.63) is 63.6 Å². The first-order valence-corrected chi connectivity index (χ1v) is 8.17. The Balaban J connectivity index is 1.86. The molecular weight excluding hydrogens is 310 g/mol. The molecule has 0 aliphatic heterocycles. The van der Waals surface area contributed by atoms with Gasteiger partial charge < -0.3 is 5.32 Å². The molecule has 1 N–H and O–H groups in total. The Labute approximate surface area is 129 Å². The minimum Gasteiger partial charge on any atom is -0.378 e. The van der Waals surface area contributed by atoms with Crippen LogP contribution in [0.1, 0.15) is 42.5 Å². The molecule has 1 unspecified atom stereocenters. The van der Waals surface area contributed by atoms with E-state index < -0.39 is 0 Å². The van der Waals surface area contributed by atoms with Crippen LogP contribution in [0, 0.1) is 0 Å². The van der Waals surface area contributed by atoms with Gasteiger partial charge in [0.2, 0.25) is 0 Å². The Morgan fingerprint density at radius 1 is 1.00 bits per heavy atom. The van der Waals surface area contributed by atoms with Gasteiger partial charge in [-0.1, -0.05) is 46.3 Å². The van der Waals surface area contributed by atoms with Gasteiger partial charge in [-0.25, -0.2) is 0 Å². The highest BCUT2D eigenvalue weighted by molar-refractivity contribution is 9.10. The van der Waals surface area contributed by atoms with Gasteiger partial charge in [-0.15, -0.1) is 0 Å². The van der Waals surface area contributed by atoms with Crippen molar-refractivity contribution in [2.45, 2.75) is 38.6 Å². The van der Waals surface area contributed by atoms with Crippen LogP contribution in [0.4, 0.5) is 5.69 Å². The highest BCUT2D eigenvalue weighted by Crippen LogP contribution is 2.31. The highest BCUT2D eigenvalue weighted by atomic mass is 79.9. The lowest BCUT2D eigenvalue weighted by molar-refractivity contribution is 0.685. The van der Waals surface area contributed by atoms with E-state index in [-0.39, 0.29) is 0 Å². The van der Waals surface area contributed by atoms with Crippen LogP contribution in [0.2, 0.25) is 0 Å². The summed E-state index contributed by atoms with van der Waals surface area (Å²) in [6, 6.07) is 15.4. The van der Waals surface area contributed by atoms with Crippen LogP contribution in [-0.4, -0.2) is 0 Å². The van der Waals surface area contributed by atoms with Crippen LogP contribution < -0.4 is 5.32 Å². The number of fused-ring (bicyclic) bond motifs is 1. The monoisotopic (exact) mass is 329 g/mol. The van der Waals surface area contributed by atoms with Crippen molar-refractivity contribution in [1.82, 2.24) is 0 Å². The fourth-order valence-corrected chi connectivity index (χ4v) is 3.68. The molecule has 0 spiro atoms. The van der Waals surface area contributed by atoms with E-state index in [0.29, 0.717) is 6.04 Å². The third-order valence-corrected chi connectivity index (χ3v) is 4.86. The van der Waals surface area contributed by atoms with E-state index in [4.69, 9.17) is 0 Å². The smallest absolute Gasteiger partial charge is 0.0496 e. The van der Waals surface area contributed by atoms with Crippen molar-refractivity contribution in [1.29, 1.82) is 0 Å². The second kappa shape index (κ2) is 6.01. The van der Waals surface area contributed by atoms with Crippen molar-refractivity contribution in [2.75, 3.05) is 5.32 Å². The van der Waals surface area contributed by atoms with E-state index >= 15 is 0 Å². The lowest BCUT2D eigenvalue weighted by Crippen LogP contribution is -2.12. The minimum atomic E-state index is 0.305. The number of rotatable bonds is 3. The second-order valence-corrected chi connectivity index (χ2v) is 6.39. The first-order chi connectivity index (χ1) is 9.75. The third-order valence-electron chi connectivity index (χ3n) is 4.14. The van der Waals surface area contributed by atoms with E-state index in [2.05, 4.69) is 70.6 Å². The number of halogens is 1. The summed E-state index contributed by atoms with van der Waals surface area (Å²) in [6.07, 6.45) is 5.08. The molecule has 1 aliphatic carbocycles. The van der Waals surface area contributed by atoms with Crippen molar-refractivity contribution in [2.24, 2.45) is 0 Å². The maximum absolute atomic E-state index is 3.70. The normalized spacial score (nSPS) is 15.5. The van der Waals surface area contributed by atoms with Crippen LogP contribution in [0.5, 0.6) is 0 Å². The summed E-state index contributed by atoms with van der Waals surface area (Å²) in [5.41, 5.74) is 5.67. The van der Waals surface area contributed by atoms with Crippen LogP contribution in [0.3, 0.4) is 0 Å². The Bertz CT molecular complexity index is 606. The Morgan fingerprint density at radius 3 is 2.65 bits per heavy atom. The van der Waals surface area contributed by atoms with E-state index in [1.807, 2.05) is 0 Å². The predicted molar refractivity (Wildman–Crippen MR) is 89.3 cm³/mol. The fourth-order valence-electron chi connectivity index (χ4n) is 3.05. The predicted octanol–water partition coefficient (Wildman–Crippen LogP) is 5.50. The van der Waals surface area contributed by atoms with Gasteiger partial charge in [0.05, 0.1) is 0 Å². The molecule has 3 rings (SSSR count). The zero-order chi connectivity index (χ0) is 13.9. The molecule has 0 heterocycles. The zero-order valence-corrected chi connectivity index (χ0v) is 13.4. The van der Waals surface area contributed by atoms with Gasteiger partial charge in [-0.3, -0.25) is 0 Å². The van der Waals surface area contributed by atoms with Crippen molar-refractivity contribution < 1.29 is 0 Å². The SMILES string of the molecule is CC(Nc1cccc2c1CCCC2)c1ccccc1Br. The lowest BCUT2D eigenvalue weighted by Gasteiger charge is -2.23. The van der Waals surface area contributed by atoms with Crippen LogP contribution in [-0.2, 0) is 12.8 Å². The summed E-state index contributed by atoms with van der Waals surface area (Å²) in [6.45, 7) is 2.22. The van der Waals surface area contributed by atoms with Gasteiger partial charge in [0.15, 0.2) is 0 Å². The third kappa shape index (κ3) is 2.76. The van der Waals surface area contributed by atoms with Crippen LogP contribution >= 0.6 is 15.9 Å². The first kappa shape index (κ1) is 13.7. The number of nitrogens with one attached hydrogen (secondary N) is 1. The van der Waals surface area contributed by atoms with Gasteiger partial charge in [-0.2, -0.15) is 0 Å². The van der Waals surface area contributed by atoms with Crippen LogP contribution in [0.25, 0.3) is 0 Å². The molecule has 1 atom stereocenters. The molecule has 0 saturated heterocycles. The maximum atomic E-state index is 3.70. The van der Waals surface area contributed by atoms with Crippen molar-refractivity contribution in [3.8, 4) is 0 Å². The summed E-state index contributed by atoms with van der Waals surface area (Å²) in [5, 5.41) is 3.70. The van der Waals surface area contributed by atoms with Gasteiger partial charge in [0.1, 0.15) is 0 Å². The quantitative estimate of drug-likeness (QED) is 0.783. The van der Waals surface area contributed by atoms with Crippen molar-refractivity contribution >= 4 is 21.6 Å². The summed E-state index contributed by atoms with van der Waals surface area (Å²) in [5.74, 6) is 0. The average molecular weight is 330 g/mol. The standard InChI is InChI=1S/C18H20BrN/c1-13(15-9-4-5-11-17(15)19)20-18-12-6-8-14-7-2-3-10-16(14)18/h4-6,8-9,11-13,20H,2-3,7,10H2,1H3. The molecule has 2 aromatic rings. The largest absolute Gasteiger partial charge is 0.378 e. The van der Waals surface area contributed by atoms with E-state index in [1.54, 1.807) is 0 Å². The second-order valence-electron chi connectivity index (χ2n) is 5.54. The van der Waals surface area contributed by atoms with Gasteiger partial charge >= 0.3 is 0 Å². The average Bonchev–Trinajstić information content (AvgIpc) is 2.48. The molecule has 1 nitrogen and oxygen atoms in total. The summed E-state index contributed by atoms with van der Waals surface area (Å²) in [4.78, 5) is 0. The molecule has 2 aromatic carbocycles. The minimum absolute atomic E-state index is 0.305. The first-order valence-electron chi connectivity index (χ1n) is 7.37. The number of hydrogen-bond donors (Lipinski definition) is 1. The molecular formula is C18H20BrN. The molecule has 0 fully saturated rings. The Kier molecular flexibility index (Phi) is 4.11. The molecule has 0 saturated carbocycles. The number of anilines is 1. The lowest BCUT2D eigenvalue weighted by atomic mass is 9.90. The Morgan fingerprint density at radius 2 is 1.80 bits per heavy atom. The van der Waals surface area contributed by atoms with Gasteiger partial charge in [0, 0.05) is 16.2 Å². The summed E-state index contributed by atoms with van der Waals surface area (Å²) >= 11 is 3.65. The van der Waals surface area contributed by atoms with E-state index in [0.717, 1.165) is 0 Å². The molecule has 0 radical (unpaired) electrons. The molecule has 20 heavy (non-hydrogen) atoms. The maximum Gasteiger partial charge on any atom is 0.0496 e. The summed E-state index contributed by atoms with van der Waals surface area (Å²) < 4.78 is 1.17. The van der Waals surface area contributed by atoms with E-state index in [9.17, 15) is 0 Å². The van der Waals surface area contributed by atoms with Gasteiger partial charge in [-0.05, 0) is 61.4 Å². The molecule has 2 heteroatoms.